The fourth-order valence-electron chi connectivity index (χ4n) is 3.89. The topological polar surface area (TPSA) is 88.9 Å². The monoisotopic (exact) mass is 460 g/mol. The summed E-state index contributed by atoms with van der Waals surface area (Å²) in [4.78, 5) is 25.9. The lowest BCUT2D eigenvalue weighted by molar-refractivity contribution is -0.596. The SMILES string of the molecule is COc1ccc(C(=O)N[C@@H]2C(=O)N/[N+](=C\c3ccc(OC)c(OC)c3)[C@@H]2c2ccccc2)cc1. The van der Waals surface area contributed by atoms with Gasteiger partial charge in [-0.05, 0) is 42.5 Å². The van der Waals surface area contributed by atoms with E-state index in [-0.39, 0.29) is 11.8 Å². The van der Waals surface area contributed by atoms with Crippen molar-refractivity contribution in [2.24, 2.45) is 0 Å². The molecule has 0 radical (unpaired) electrons. The first-order valence-corrected chi connectivity index (χ1v) is 10.7. The fourth-order valence-corrected chi connectivity index (χ4v) is 3.89. The largest absolute Gasteiger partial charge is 0.497 e. The number of ether oxygens (including phenoxy) is 3. The van der Waals surface area contributed by atoms with Crippen molar-refractivity contribution in [1.29, 1.82) is 0 Å². The summed E-state index contributed by atoms with van der Waals surface area (Å²) in [6.07, 6.45) is 1.80. The Morgan fingerprint density at radius 1 is 0.912 bits per heavy atom. The molecule has 3 aromatic rings. The van der Waals surface area contributed by atoms with Crippen molar-refractivity contribution >= 4 is 18.0 Å². The number of nitrogens with zero attached hydrogens (tertiary/aromatic N) is 1. The molecule has 0 unspecified atom stereocenters. The maximum atomic E-state index is 13.0. The number of nitrogens with one attached hydrogen (secondary N) is 2. The van der Waals surface area contributed by atoms with E-state index in [1.165, 1.54) is 0 Å². The van der Waals surface area contributed by atoms with Gasteiger partial charge in [-0.15, -0.1) is 10.1 Å². The summed E-state index contributed by atoms with van der Waals surface area (Å²) in [6, 6.07) is 20.5. The molecule has 0 aromatic heterocycles. The smallest absolute Gasteiger partial charge is 0.304 e. The zero-order valence-electron chi connectivity index (χ0n) is 19.1. The van der Waals surface area contributed by atoms with E-state index in [4.69, 9.17) is 14.2 Å². The molecule has 8 nitrogen and oxygen atoms in total. The first-order chi connectivity index (χ1) is 16.5. The number of methoxy groups -OCH3 is 3. The molecule has 1 aliphatic rings. The molecule has 0 bridgehead atoms. The van der Waals surface area contributed by atoms with Crippen LogP contribution in [-0.2, 0) is 4.79 Å². The van der Waals surface area contributed by atoms with Crippen LogP contribution in [0.25, 0.3) is 0 Å². The van der Waals surface area contributed by atoms with Crippen molar-refractivity contribution in [2.45, 2.75) is 12.1 Å². The maximum absolute atomic E-state index is 13.0. The van der Waals surface area contributed by atoms with Gasteiger partial charge in [0.1, 0.15) is 5.75 Å². The first kappa shape index (κ1) is 22.8. The average molecular weight is 461 g/mol. The minimum absolute atomic E-state index is 0.313. The van der Waals surface area contributed by atoms with Gasteiger partial charge in [0, 0.05) is 16.7 Å². The molecule has 1 heterocycles. The summed E-state index contributed by atoms with van der Waals surface area (Å²) < 4.78 is 17.6. The van der Waals surface area contributed by atoms with Crippen LogP contribution in [0.4, 0.5) is 0 Å². The maximum Gasteiger partial charge on any atom is 0.304 e. The number of hydrogen-bond acceptors (Lipinski definition) is 5. The highest BCUT2D eigenvalue weighted by Crippen LogP contribution is 2.29. The van der Waals surface area contributed by atoms with E-state index >= 15 is 0 Å². The molecular formula is C26H26N3O5+. The Labute approximate surface area is 197 Å². The summed E-state index contributed by atoms with van der Waals surface area (Å²) in [6.45, 7) is 0. The molecule has 3 aromatic carbocycles. The Bertz CT molecular complexity index is 1210. The normalized spacial score (nSPS) is 18.3. The summed E-state index contributed by atoms with van der Waals surface area (Å²) in [7, 11) is 4.70. The van der Waals surface area contributed by atoms with Crippen LogP contribution in [-0.4, -0.2) is 50.1 Å². The van der Waals surface area contributed by atoms with Gasteiger partial charge in [-0.3, -0.25) is 9.59 Å². The van der Waals surface area contributed by atoms with Gasteiger partial charge in [0.2, 0.25) is 12.3 Å². The Hall–Kier alpha value is -4.33. The van der Waals surface area contributed by atoms with Crippen LogP contribution in [0, 0.1) is 0 Å². The molecule has 1 fully saturated rings. The van der Waals surface area contributed by atoms with Crippen LogP contribution >= 0.6 is 0 Å². The second-order valence-corrected chi connectivity index (χ2v) is 7.66. The zero-order valence-corrected chi connectivity index (χ0v) is 19.1. The van der Waals surface area contributed by atoms with E-state index in [1.807, 2.05) is 42.5 Å². The molecule has 2 atom stereocenters. The number of carbonyl (C=O) groups is 2. The van der Waals surface area contributed by atoms with Crippen molar-refractivity contribution in [3.63, 3.8) is 0 Å². The Kier molecular flexibility index (Phi) is 6.77. The highest BCUT2D eigenvalue weighted by Gasteiger charge is 2.47. The van der Waals surface area contributed by atoms with Gasteiger partial charge in [0.15, 0.2) is 17.5 Å². The number of carbonyl (C=O) groups excluding carboxylic acids is 2. The van der Waals surface area contributed by atoms with Crippen molar-refractivity contribution in [3.8, 4) is 17.2 Å². The van der Waals surface area contributed by atoms with Crippen LogP contribution in [0.1, 0.15) is 27.5 Å². The summed E-state index contributed by atoms with van der Waals surface area (Å²) in [5, 5.41) is 2.89. The second kappa shape index (κ2) is 10.1. The number of rotatable bonds is 7. The molecule has 4 rings (SSSR count). The van der Waals surface area contributed by atoms with Gasteiger partial charge >= 0.3 is 5.91 Å². The standard InChI is InChI=1S/C26H25N3O5/c1-32-20-12-10-19(11-13-20)25(30)27-23-24(18-7-5-4-6-8-18)29(28-26(23)31)16-17-9-14-21(33-2)22(15-17)34-3/h4-16,23-24H,1-3H3,(H-,27,28,30,31)/p+1/b29-16-/t23-,24+/m0/s1. The minimum Gasteiger partial charge on any atom is -0.497 e. The number of benzene rings is 3. The molecule has 1 aliphatic heterocycles. The lowest BCUT2D eigenvalue weighted by Gasteiger charge is -2.15. The third-order valence-electron chi connectivity index (χ3n) is 5.61. The van der Waals surface area contributed by atoms with E-state index < -0.39 is 12.1 Å². The van der Waals surface area contributed by atoms with Crippen molar-refractivity contribution in [2.75, 3.05) is 21.3 Å². The highest BCUT2D eigenvalue weighted by molar-refractivity contribution is 5.98. The Balaban J connectivity index is 1.67. The summed E-state index contributed by atoms with van der Waals surface area (Å²) in [5.41, 5.74) is 4.97. The zero-order chi connectivity index (χ0) is 24.1. The average Bonchev–Trinajstić information content (AvgIpc) is 3.18. The molecule has 34 heavy (non-hydrogen) atoms. The molecule has 0 spiro atoms. The van der Waals surface area contributed by atoms with Crippen LogP contribution in [0.15, 0.2) is 72.8 Å². The van der Waals surface area contributed by atoms with Crippen molar-refractivity contribution in [3.05, 3.63) is 89.5 Å². The third kappa shape index (κ3) is 4.71. The predicted octanol–water partition coefficient (Wildman–Crippen LogP) is 2.73. The van der Waals surface area contributed by atoms with E-state index in [2.05, 4.69) is 10.7 Å². The molecular weight excluding hydrogens is 434 g/mol. The van der Waals surface area contributed by atoms with Crippen LogP contribution in [0.2, 0.25) is 0 Å². The van der Waals surface area contributed by atoms with Gasteiger partial charge in [0.05, 0.1) is 21.3 Å². The Morgan fingerprint density at radius 3 is 2.26 bits per heavy atom. The van der Waals surface area contributed by atoms with E-state index in [9.17, 15) is 9.59 Å². The Morgan fingerprint density at radius 2 is 1.62 bits per heavy atom. The van der Waals surface area contributed by atoms with Crippen molar-refractivity contribution < 1.29 is 28.5 Å². The lowest BCUT2D eigenvalue weighted by Crippen LogP contribution is -2.42. The molecule has 1 saturated heterocycles. The molecule has 8 heteroatoms. The van der Waals surface area contributed by atoms with Crippen molar-refractivity contribution in [1.82, 2.24) is 10.7 Å². The molecule has 2 N–H and O–H groups in total. The van der Waals surface area contributed by atoms with Gasteiger partial charge < -0.3 is 19.5 Å². The number of amides is 2. The van der Waals surface area contributed by atoms with Crippen LogP contribution in [0.3, 0.4) is 0 Å². The highest BCUT2D eigenvalue weighted by atomic mass is 16.5. The summed E-state index contributed by atoms with van der Waals surface area (Å²) in [5.74, 6) is 1.16. The molecule has 174 valence electrons. The lowest BCUT2D eigenvalue weighted by atomic mass is 10.00. The molecule has 0 aliphatic carbocycles. The summed E-state index contributed by atoms with van der Waals surface area (Å²) >= 11 is 0. The third-order valence-corrected chi connectivity index (χ3v) is 5.61. The van der Waals surface area contributed by atoms with Crippen LogP contribution in [0.5, 0.6) is 17.2 Å². The number of hydrazone groups is 1. The van der Waals surface area contributed by atoms with E-state index in [0.717, 1.165) is 11.1 Å². The minimum atomic E-state index is -0.812. The van der Waals surface area contributed by atoms with E-state index in [1.54, 1.807) is 62.6 Å². The molecule has 0 saturated carbocycles. The number of hydrogen-bond donors (Lipinski definition) is 2. The number of hydrazine groups is 1. The van der Waals surface area contributed by atoms with E-state index in [0.29, 0.717) is 22.8 Å². The second-order valence-electron chi connectivity index (χ2n) is 7.66. The molecule has 2 amide bonds. The van der Waals surface area contributed by atoms with Gasteiger partial charge in [-0.1, -0.05) is 30.3 Å². The fraction of sp³-hybridized carbons (Fsp3) is 0.192. The van der Waals surface area contributed by atoms with Gasteiger partial charge in [-0.25, -0.2) is 0 Å². The predicted molar refractivity (Wildman–Crippen MR) is 127 cm³/mol. The quantitative estimate of drug-likeness (QED) is 0.530. The van der Waals surface area contributed by atoms with Gasteiger partial charge in [0.25, 0.3) is 5.91 Å². The van der Waals surface area contributed by atoms with Crippen LogP contribution < -0.4 is 25.0 Å². The first-order valence-electron chi connectivity index (χ1n) is 10.7. The van der Waals surface area contributed by atoms with Gasteiger partial charge in [-0.2, -0.15) is 0 Å².